The Bertz CT molecular complexity index is 1110. The number of hydrogen-bond acceptors (Lipinski definition) is 2. The molecule has 0 amide bonds. The smallest absolute Gasteiger partial charge is 0.141 e. The van der Waals surface area contributed by atoms with Gasteiger partial charge in [-0.05, 0) is 61.1 Å². The Kier molecular flexibility index (Phi) is 6.18. The summed E-state index contributed by atoms with van der Waals surface area (Å²) in [5.74, 6) is 2.55. The van der Waals surface area contributed by atoms with Crippen LogP contribution >= 0.6 is 0 Å². The number of fused-ring (bicyclic) bond motifs is 1. The summed E-state index contributed by atoms with van der Waals surface area (Å²) >= 11 is 0. The fourth-order valence-corrected chi connectivity index (χ4v) is 3.84. The van der Waals surface area contributed by atoms with E-state index in [1.165, 1.54) is 22.2 Å². The summed E-state index contributed by atoms with van der Waals surface area (Å²) in [6.07, 6.45) is 2.05. The van der Waals surface area contributed by atoms with Gasteiger partial charge in [-0.1, -0.05) is 62.4 Å². The van der Waals surface area contributed by atoms with Crippen molar-refractivity contribution in [1.82, 2.24) is 9.55 Å². The molecule has 154 valence electrons. The Balaban J connectivity index is 1.42. The molecule has 1 heterocycles. The minimum atomic E-state index is 0.548. The Morgan fingerprint density at radius 2 is 1.60 bits per heavy atom. The van der Waals surface area contributed by atoms with E-state index in [-0.39, 0.29) is 0 Å². The average molecular weight is 399 g/mol. The minimum Gasteiger partial charge on any atom is -0.494 e. The lowest BCUT2D eigenvalue weighted by molar-refractivity contribution is 0.303. The minimum absolute atomic E-state index is 0.548. The Labute approximate surface area is 179 Å². The number of ether oxygens (including phenoxy) is 1. The molecule has 4 rings (SSSR count). The van der Waals surface area contributed by atoms with Crippen LogP contribution in [0, 0.1) is 6.92 Å². The predicted molar refractivity (Wildman–Crippen MR) is 125 cm³/mol. The van der Waals surface area contributed by atoms with Crippen LogP contribution in [0.3, 0.4) is 0 Å². The molecule has 4 aromatic rings. The third-order valence-corrected chi connectivity index (χ3v) is 5.63. The van der Waals surface area contributed by atoms with Gasteiger partial charge in [0.15, 0.2) is 0 Å². The summed E-state index contributed by atoms with van der Waals surface area (Å²) in [4.78, 5) is 4.94. The molecule has 30 heavy (non-hydrogen) atoms. The van der Waals surface area contributed by atoms with Crippen LogP contribution < -0.4 is 4.74 Å². The molecule has 0 aliphatic rings. The first kappa shape index (κ1) is 20.2. The second-order valence-corrected chi connectivity index (χ2v) is 8.17. The number of aromatic nitrogens is 2. The van der Waals surface area contributed by atoms with Gasteiger partial charge in [0.05, 0.1) is 17.6 Å². The lowest BCUT2D eigenvalue weighted by Gasteiger charge is -2.12. The van der Waals surface area contributed by atoms with Crippen LogP contribution in [0.1, 0.15) is 43.7 Å². The molecule has 0 atom stereocenters. The second-order valence-electron chi connectivity index (χ2n) is 8.17. The van der Waals surface area contributed by atoms with E-state index < -0.39 is 0 Å². The highest BCUT2D eigenvalue weighted by Gasteiger charge is 2.13. The first-order valence-corrected chi connectivity index (χ1v) is 10.9. The van der Waals surface area contributed by atoms with Crippen LogP contribution in [0.5, 0.6) is 5.75 Å². The summed E-state index contributed by atoms with van der Waals surface area (Å²) < 4.78 is 8.31. The SMILES string of the molecule is Cc1ccccc1-c1nc2ccccc2n1CCCCOc1ccc(C(C)C)cc1. The van der Waals surface area contributed by atoms with Gasteiger partial charge >= 0.3 is 0 Å². The molecule has 0 bridgehead atoms. The first-order chi connectivity index (χ1) is 14.6. The number of benzene rings is 3. The third-order valence-electron chi connectivity index (χ3n) is 5.63. The molecule has 0 fully saturated rings. The first-order valence-electron chi connectivity index (χ1n) is 10.9. The summed E-state index contributed by atoms with van der Waals surface area (Å²) in [6.45, 7) is 8.23. The molecular weight excluding hydrogens is 368 g/mol. The van der Waals surface area contributed by atoms with Crippen molar-refractivity contribution in [1.29, 1.82) is 0 Å². The second kappa shape index (κ2) is 9.17. The fraction of sp³-hybridized carbons (Fsp3) is 0.296. The maximum absolute atomic E-state index is 5.96. The van der Waals surface area contributed by atoms with E-state index in [4.69, 9.17) is 9.72 Å². The van der Waals surface area contributed by atoms with E-state index >= 15 is 0 Å². The van der Waals surface area contributed by atoms with Gasteiger partial charge < -0.3 is 9.30 Å². The number of aryl methyl sites for hydroxylation is 2. The zero-order chi connectivity index (χ0) is 20.9. The highest BCUT2D eigenvalue weighted by Crippen LogP contribution is 2.27. The molecule has 3 heteroatoms. The number of rotatable bonds is 8. The summed E-state index contributed by atoms with van der Waals surface area (Å²) in [6, 6.07) is 25.4. The van der Waals surface area contributed by atoms with Gasteiger partial charge in [0.25, 0.3) is 0 Å². The number of imidazole rings is 1. The molecule has 0 radical (unpaired) electrons. The molecular formula is C27H30N2O. The molecule has 0 unspecified atom stereocenters. The highest BCUT2D eigenvalue weighted by atomic mass is 16.5. The zero-order valence-corrected chi connectivity index (χ0v) is 18.1. The van der Waals surface area contributed by atoms with Crippen LogP contribution in [0.4, 0.5) is 0 Å². The van der Waals surface area contributed by atoms with Crippen LogP contribution in [0.25, 0.3) is 22.4 Å². The molecule has 0 aliphatic carbocycles. The van der Waals surface area contributed by atoms with Crippen LogP contribution in [0.2, 0.25) is 0 Å². The Morgan fingerprint density at radius 1 is 0.867 bits per heavy atom. The quantitative estimate of drug-likeness (QED) is 0.299. The van der Waals surface area contributed by atoms with E-state index in [0.717, 1.165) is 43.1 Å². The van der Waals surface area contributed by atoms with Crippen LogP contribution in [-0.2, 0) is 6.54 Å². The third kappa shape index (κ3) is 4.40. The highest BCUT2D eigenvalue weighted by molar-refractivity contribution is 5.81. The van der Waals surface area contributed by atoms with Crippen LogP contribution in [0.15, 0.2) is 72.8 Å². The summed E-state index contributed by atoms with van der Waals surface area (Å²) in [5, 5.41) is 0. The summed E-state index contributed by atoms with van der Waals surface area (Å²) in [7, 11) is 0. The maximum Gasteiger partial charge on any atom is 0.141 e. The number of hydrogen-bond donors (Lipinski definition) is 0. The van der Waals surface area contributed by atoms with Crippen molar-refractivity contribution in [2.24, 2.45) is 0 Å². The monoisotopic (exact) mass is 398 g/mol. The standard InChI is InChI=1S/C27H30N2O/c1-20(2)22-14-16-23(17-15-22)30-19-9-8-18-29-26-13-7-6-12-25(26)28-27(29)24-11-5-4-10-21(24)3/h4-7,10-17,20H,8-9,18-19H2,1-3H3. The van der Waals surface area contributed by atoms with Crippen molar-refractivity contribution >= 4 is 11.0 Å². The largest absolute Gasteiger partial charge is 0.494 e. The normalized spacial score (nSPS) is 11.3. The fourth-order valence-electron chi connectivity index (χ4n) is 3.84. The van der Waals surface area contributed by atoms with Gasteiger partial charge in [0, 0.05) is 12.1 Å². The molecule has 3 nitrogen and oxygen atoms in total. The van der Waals surface area contributed by atoms with Crippen molar-refractivity contribution in [2.45, 2.75) is 46.1 Å². The lowest BCUT2D eigenvalue weighted by Crippen LogP contribution is -2.04. The van der Waals surface area contributed by atoms with E-state index in [0.29, 0.717) is 5.92 Å². The molecule has 0 N–H and O–H groups in total. The van der Waals surface area contributed by atoms with Gasteiger partial charge in [-0.25, -0.2) is 4.98 Å². The van der Waals surface area contributed by atoms with Gasteiger partial charge in [-0.3, -0.25) is 0 Å². The van der Waals surface area contributed by atoms with Crippen molar-refractivity contribution < 1.29 is 4.74 Å². The Morgan fingerprint density at radius 3 is 2.37 bits per heavy atom. The molecule has 0 saturated carbocycles. The van der Waals surface area contributed by atoms with Crippen molar-refractivity contribution in [3.8, 4) is 17.1 Å². The molecule has 0 aliphatic heterocycles. The van der Waals surface area contributed by atoms with Crippen molar-refractivity contribution in [3.63, 3.8) is 0 Å². The Hall–Kier alpha value is -3.07. The predicted octanol–water partition coefficient (Wildman–Crippen LogP) is 6.99. The number of nitrogens with zero attached hydrogens (tertiary/aromatic N) is 2. The van der Waals surface area contributed by atoms with Crippen molar-refractivity contribution in [2.75, 3.05) is 6.61 Å². The van der Waals surface area contributed by atoms with Crippen molar-refractivity contribution in [3.05, 3.63) is 83.9 Å². The van der Waals surface area contributed by atoms with E-state index in [1.807, 2.05) is 0 Å². The zero-order valence-electron chi connectivity index (χ0n) is 18.1. The number of para-hydroxylation sites is 2. The topological polar surface area (TPSA) is 27.1 Å². The van der Waals surface area contributed by atoms with Gasteiger partial charge in [0.2, 0.25) is 0 Å². The maximum atomic E-state index is 5.96. The van der Waals surface area contributed by atoms with E-state index in [2.05, 4.69) is 98.1 Å². The van der Waals surface area contributed by atoms with Gasteiger partial charge in [-0.2, -0.15) is 0 Å². The van der Waals surface area contributed by atoms with E-state index in [9.17, 15) is 0 Å². The molecule has 3 aromatic carbocycles. The molecule has 1 aromatic heterocycles. The van der Waals surface area contributed by atoms with Gasteiger partial charge in [0.1, 0.15) is 11.6 Å². The molecule has 0 saturated heterocycles. The lowest BCUT2D eigenvalue weighted by atomic mass is 10.0. The molecule has 0 spiro atoms. The van der Waals surface area contributed by atoms with E-state index in [1.54, 1.807) is 0 Å². The average Bonchev–Trinajstić information content (AvgIpc) is 3.12. The number of unbranched alkanes of at least 4 members (excludes halogenated alkanes) is 1. The summed E-state index contributed by atoms with van der Waals surface area (Å²) in [5.41, 5.74) is 6.05. The van der Waals surface area contributed by atoms with Gasteiger partial charge in [-0.15, -0.1) is 0 Å². The van der Waals surface area contributed by atoms with Crippen LogP contribution in [-0.4, -0.2) is 16.2 Å².